The molecule has 126 valence electrons. The standard InChI is InChI=1S/C17H23ClN2O3/c1-19(13-17(22)20-10-4-5-11-20)16(21)9-6-12-23-15-8-3-2-7-14(15)18/h2-3,7-8H,4-6,9-13H2,1H3. The Morgan fingerprint density at radius 2 is 1.96 bits per heavy atom. The molecule has 2 rings (SSSR count). The maximum atomic E-state index is 12.0. The number of para-hydroxylation sites is 1. The van der Waals surface area contributed by atoms with Gasteiger partial charge in [-0.25, -0.2) is 0 Å². The van der Waals surface area contributed by atoms with E-state index in [2.05, 4.69) is 0 Å². The van der Waals surface area contributed by atoms with Crippen LogP contribution >= 0.6 is 11.6 Å². The second-order valence-electron chi connectivity index (χ2n) is 5.72. The van der Waals surface area contributed by atoms with Crippen molar-refractivity contribution in [3.63, 3.8) is 0 Å². The van der Waals surface area contributed by atoms with E-state index < -0.39 is 0 Å². The van der Waals surface area contributed by atoms with Gasteiger partial charge in [-0.1, -0.05) is 23.7 Å². The molecule has 23 heavy (non-hydrogen) atoms. The fourth-order valence-electron chi connectivity index (χ4n) is 2.52. The van der Waals surface area contributed by atoms with Gasteiger partial charge < -0.3 is 14.5 Å². The Labute approximate surface area is 142 Å². The summed E-state index contributed by atoms with van der Waals surface area (Å²) in [7, 11) is 1.67. The molecule has 0 saturated carbocycles. The van der Waals surface area contributed by atoms with Crippen LogP contribution in [0.2, 0.25) is 5.02 Å². The molecular formula is C17H23ClN2O3. The first-order chi connectivity index (χ1) is 11.1. The number of hydrogen-bond donors (Lipinski definition) is 0. The summed E-state index contributed by atoms with van der Waals surface area (Å²) < 4.78 is 5.55. The highest BCUT2D eigenvalue weighted by atomic mass is 35.5. The van der Waals surface area contributed by atoms with Crippen LogP contribution in [0.3, 0.4) is 0 Å². The third-order valence-corrected chi connectivity index (χ3v) is 4.20. The van der Waals surface area contributed by atoms with Crippen LogP contribution in [0, 0.1) is 0 Å². The van der Waals surface area contributed by atoms with Crippen molar-refractivity contribution in [2.75, 3.05) is 33.3 Å². The third-order valence-electron chi connectivity index (χ3n) is 3.89. The molecule has 6 heteroatoms. The Hall–Kier alpha value is -1.75. The molecule has 0 unspecified atom stereocenters. The first-order valence-corrected chi connectivity index (χ1v) is 8.35. The van der Waals surface area contributed by atoms with E-state index in [1.807, 2.05) is 17.0 Å². The highest BCUT2D eigenvalue weighted by Gasteiger charge is 2.20. The minimum absolute atomic E-state index is 0.0330. The van der Waals surface area contributed by atoms with Gasteiger partial charge in [-0.15, -0.1) is 0 Å². The van der Waals surface area contributed by atoms with E-state index in [-0.39, 0.29) is 18.4 Å². The molecule has 2 amide bonds. The number of likely N-dealkylation sites (tertiary alicyclic amines) is 1. The molecule has 0 spiro atoms. The molecule has 1 aromatic rings. The number of benzene rings is 1. The lowest BCUT2D eigenvalue weighted by molar-refractivity contribution is -0.138. The molecule has 1 saturated heterocycles. The molecule has 5 nitrogen and oxygen atoms in total. The van der Waals surface area contributed by atoms with Crippen LogP contribution in [0.4, 0.5) is 0 Å². The number of likely N-dealkylation sites (N-methyl/N-ethyl adjacent to an activating group) is 1. The van der Waals surface area contributed by atoms with Gasteiger partial charge in [0.25, 0.3) is 0 Å². The van der Waals surface area contributed by atoms with Crippen molar-refractivity contribution < 1.29 is 14.3 Å². The minimum atomic E-state index is -0.0414. The highest BCUT2D eigenvalue weighted by molar-refractivity contribution is 6.32. The topological polar surface area (TPSA) is 49.9 Å². The van der Waals surface area contributed by atoms with E-state index in [0.29, 0.717) is 30.2 Å². The fraction of sp³-hybridized carbons (Fsp3) is 0.529. The summed E-state index contributed by atoms with van der Waals surface area (Å²) in [5.74, 6) is 0.616. The van der Waals surface area contributed by atoms with Gasteiger partial charge in [-0.05, 0) is 31.4 Å². The Morgan fingerprint density at radius 3 is 2.65 bits per heavy atom. The first-order valence-electron chi connectivity index (χ1n) is 7.97. The summed E-state index contributed by atoms with van der Waals surface area (Å²) in [6, 6.07) is 7.25. The molecule has 1 aliphatic heterocycles. The van der Waals surface area contributed by atoms with Crippen molar-refractivity contribution in [3.05, 3.63) is 29.3 Å². The van der Waals surface area contributed by atoms with Gasteiger partial charge in [0.2, 0.25) is 11.8 Å². The van der Waals surface area contributed by atoms with Crippen LogP contribution in [0.1, 0.15) is 25.7 Å². The largest absolute Gasteiger partial charge is 0.492 e. The summed E-state index contributed by atoms with van der Waals surface area (Å²) in [6.07, 6.45) is 3.06. The summed E-state index contributed by atoms with van der Waals surface area (Å²) >= 11 is 5.99. The fourth-order valence-corrected chi connectivity index (χ4v) is 2.71. The minimum Gasteiger partial charge on any atom is -0.492 e. The molecule has 0 radical (unpaired) electrons. The van der Waals surface area contributed by atoms with E-state index in [4.69, 9.17) is 16.3 Å². The molecular weight excluding hydrogens is 316 g/mol. The third kappa shape index (κ3) is 5.43. The molecule has 1 aromatic carbocycles. The quantitative estimate of drug-likeness (QED) is 0.718. The Morgan fingerprint density at radius 1 is 1.26 bits per heavy atom. The van der Waals surface area contributed by atoms with Crippen LogP contribution in [0.15, 0.2) is 24.3 Å². The Balaban J connectivity index is 1.65. The van der Waals surface area contributed by atoms with Gasteiger partial charge in [0.05, 0.1) is 18.2 Å². The van der Waals surface area contributed by atoms with Gasteiger partial charge in [0.1, 0.15) is 5.75 Å². The van der Waals surface area contributed by atoms with Gasteiger partial charge in [-0.2, -0.15) is 0 Å². The number of amides is 2. The molecule has 1 heterocycles. The lowest BCUT2D eigenvalue weighted by atomic mass is 10.3. The van der Waals surface area contributed by atoms with Gasteiger partial charge in [0.15, 0.2) is 0 Å². The number of nitrogens with zero attached hydrogens (tertiary/aromatic N) is 2. The maximum Gasteiger partial charge on any atom is 0.242 e. The zero-order valence-corrected chi connectivity index (χ0v) is 14.2. The predicted molar refractivity (Wildman–Crippen MR) is 89.6 cm³/mol. The molecule has 0 aliphatic carbocycles. The summed E-state index contributed by atoms with van der Waals surface area (Å²) in [5.41, 5.74) is 0. The van der Waals surface area contributed by atoms with Crippen molar-refractivity contribution in [2.45, 2.75) is 25.7 Å². The predicted octanol–water partition coefficient (Wildman–Crippen LogP) is 2.58. The maximum absolute atomic E-state index is 12.0. The number of hydrogen-bond acceptors (Lipinski definition) is 3. The van der Waals surface area contributed by atoms with Crippen molar-refractivity contribution in [2.24, 2.45) is 0 Å². The smallest absolute Gasteiger partial charge is 0.242 e. The van der Waals surface area contributed by atoms with E-state index >= 15 is 0 Å². The van der Waals surface area contributed by atoms with E-state index in [1.54, 1.807) is 19.2 Å². The van der Waals surface area contributed by atoms with Crippen molar-refractivity contribution >= 4 is 23.4 Å². The number of ether oxygens (including phenoxy) is 1. The van der Waals surface area contributed by atoms with Crippen LogP contribution in [0.5, 0.6) is 5.75 Å². The van der Waals surface area contributed by atoms with Gasteiger partial charge >= 0.3 is 0 Å². The molecule has 0 aromatic heterocycles. The SMILES string of the molecule is CN(CC(=O)N1CCCC1)C(=O)CCCOc1ccccc1Cl. The lowest BCUT2D eigenvalue weighted by Crippen LogP contribution is -2.39. The normalized spacial score (nSPS) is 13.9. The number of carbonyl (C=O) groups excluding carboxylic acids is 2. The molecule has 0 bridgehead atoms. The number of carbonyl (C=O) groups is 2. The second kappa shape index (κ2) is 8.77. The number of rotatable bonds is 7. The second-order valence-corrected chi connectivity index (χ2v) is 6.13. The van der Waals surface area contributed by atoms with Crippen molar-refractivity contribution in [1.82, 2.24) is 9.80 Å². The average molecular weight is 339 g/mol. The summed E-state index contributed by atoms with van der Waals surface area (Å²) in [5, 5.41) is 0.562. The van der Waals surface area contributed by atoms with Crippen LogP contribution in [0.25, 0.3) is 0 Å². The van der Waals surface area contributed by atoms with Crippen molar-refractivity contribution in [1.29, 1.82) is 0 Å². The Bertz CT molecular complexity index is 544. The van der Waals surface area contributed by atoms with E-state index in [9.17, 15) is 9.59 Å². The van der Waals surface area contributed by atoms with Crippen molar-refractivity contribution in [3.8, 4) is 5.75 Å². The summed E-state index contributed by atoms with van der Waals surface area (Å²) in [4.78, 5) is 27.4. The average Bonchev–Trinajstić information content (AvgIpc) is 3.07. The Kier molecular flexibility index (Phi) is 6.71. The van der Waals surface area contributed by atoms with Gasteiger partial charge in [0, 0.05) is 26.6 Å². The molecule has 0 N–H and O–H groups in total. The molecule has 1 aliphatic rings. The van der Waals surface area contributed by atoms with E-state index in [1.165, 1.54) is 4.90 Å². The zero-order valence-electron chi connectivity index (χ0n) is 13.5. The first kappa shape index (κ1) is 17.6. The van der Waals surface area contributed by atoms with Gasteiger partial charge in [-0.3, -0.25) is 9.59 Å². The van der Waals surface area contributed by atoms with Crippen LogP contribution in [-0.4, -0.2) is 54.9 Å². The van der Waals surface area contributed by atoms with Crippen LogP contribution in [-0.2, 0) is 9.59 Å². The summed E-state index contributed by atoms with van der Waals surface area (Å²) in [6.45, 7) is 2.20. The monoisotopic (exact) mass is 338 g/mol. The lowest BCUT2D eigenvalue weighted by Gasteiger charge is -2.21. The van der Waals surface area contributed by atoms with Crippen LogP contribution < -0.4 is 4.74 Å². The molecule has 0 atom stereocenters. The number of halogens is 1. The zero-order chi connectivity index (χ0) is 16.7. The van der Waals surface area contributed by atoms with E-state index in [0.717, 1.165) is 25.9 Å². The highest BCUT2D eigenvalue weighted by Crippen LogP contribution is 2.23. The molecule has 1 fully saturated rings.